The first-order chi connectivity index (χ1) is 29.2. The monoisotopic (exact) mass is 832 g/mol. The smallest absolute Gasteiger partial charge is 0.264 e. The third-order valence-corrected chi connectivity index (χ3v) is 11.1. The van der Waals surface area contributed by atoms with E-state index < -0.39 is 52.8 Å². The molecule has 4 heterocycles. The van der Waals surface area contributed by atoms with E-state index in [0.29, 0.717) is 52.9 Å². The fourth-order valence-corrected chi connectivity index (χ4v) is 7.64. The second kappa shape index (κ2) is 16.2. The van der Waals surface area contributed by atoms with E-state index in [-0.39, 0.29) is 59.2 Å². The van der Waals surface area contributed by atoms with Gasteiger partial charge in [0.1, 0.15) is 23.4 Å². The number of aromatic nitrogens is 4. The third kappa shape index (κ3) is 8.00. The van der Waals surface area contributed by atoms with Crippen LogP contribution in [0.5, 0.6) is 0 Å². The van der Waals surface area contributed by atoms with Crippen LogP contribution in [0.15, 0.2) is 60.9 Å². The van der Waals surface area contributed by atoms with Gasteiger partial charge in [-0.25, -0.2) is 8.78 Å². The van der Waals surface area contributed by atoms with Crippen LogP contribution in [0, 0.1) is 11.6 Å². The first-order valence-electron chi connectivity index (χ1n) is 20.0. The molecule has 18 heteroatoms. The molecule has 0 radical (unpaired) electrons. The van der Waals surface area contributed by atoms with Crippen LogP contribution in [0.25, 0.3) is 22.0 Å². The summed E-state index contributed by atoms with van der Waals surface area (Å²) in [5, 5.41) is 23.2. The number of rotatable bonds is 14. The molecule has 0 bridgehead atoms. The maximum absolute atomic E-state index is 15.4. The minimum absolute atomic E-state index is 0.0161. The molecular weight excluding hydrogens is 791 g/mol. The van der Waals surface area contributed by atoms with E-state index in [1.54, 1.807) is 30.1 Å². The van der Waals surface area contributed by atoms with Gasteiger partial charge in [-0.3, -0.25) is 48.6 Å². The number of unbranched alkanes of at least 4 members (excludes halogenated alkanes) is 1. The van der Waals surface area contributed by atoms with E-state index in [1.165, 1.54) is 36.5 Å². The highest BCUT2D eigenvalue weighted by atomic mass is 19.1. The predicted molar refractivity (Wildman–Crippen MR) is 218 cm³/mol. The number of carbonyl (C=O) groups excluding carboxylic acids is 6. The van der Waals surface area contributed by atoms with E-state index in [1.807, 2.05) is 13.8 Å². The summed E-state index contributed by atoms with van der Waals surface area (Å²) in [5.74, 6) is -4.76. The number of piperidine rings is 1. The Morgan fingerprint density at radius 3 is 2.46 bits per heavy atom. The maximum atomic E-state index is 15.4. The Morgan fingerprint density at radius 2 is 1.72 bits per heavy atom. The van der Waals surface area contributed by atoms with Gasteiger partial charge in [0.05, 0.1) is 45.2 Å². The van der Waals surface area contributed by atoms with Crippen molar-refractivity contribution in [3.8, 4) is 11.1 Å². The molecule has 0 spiro atoms. The van der Waals surface area contributed by atoms with Gasteiger partial charge in [0.15, 0.2) is 0 Å². The molecule has 61 heavy (non-hydrogen) atoms. The lowest BCUT2D eigenvalue weighted by Gasteiger charge is -2.28. The van der Waals surface area contributed by atoms with Crippen LogP contribution in [-0.4, -0.2) is 86.0 Å². The van der Waals surface area contributed by atoms with Crippen LogP contribution in [0.3, 0.4) is 0 Å². The molecule has 2 aromatic heterocycles. The fraction of sp³-hybridized carbons (Fsp3) is 0.326. The second-order valence-electron chi connectivity index (χ2n) is 15.8. The van der Waals surface area contributed by atoms with Crippen LogP contribution in [0.2, 0.25) is 0 Å². The van der Waals surface area contributed by atoms with E-state index in [9.17, 15) is 28.8 Å². The van der Waals surface area contributed by atoms with Gasteiger partial charge >= 0.3 is 0 Å². The molecule has 314 valence electrons. The van der Waals surface area contributed by atoms with Crippen molar-refractivity contribution in [2.45, 2.75) is 76.5 Å². The number of fused-ring (bicyclic) bond motifs is 2. The van der Waals surface area contributed by atoms with Crippen LogP contribution in [-0.2, 0) is 21.7 Å². The lowest BCUT2D eigenvalue weighted by atomic mass is 9.99. The summed E-state index contributed by atoms with van der Waals surface area (Å²) in [4.78, 5) is 82.1. The van der Waals surface area contributed by atoms with Crippen molar-refractivity contribution in [1.82, 2.24) is 40.8 Å². The van der Waals surface area contributed by atoms with Crippen LogP contribution in [0.4, 0.5) is 20.2 Å². The van der Waals surface area contributed by atoms with E-state index in [0.717, 1.165) is 23.8 Å². The summed E-state index contributed by atoms with van der Waals surface area (Å²) in [7, 11) is 1.65. The zero-order chi connectivity index (χ0) is 43.2. The average Bonchev–Trinajstić information content (AvgIpc) is 3.83. The fourth-order valence-electron chi connectivity index (χ4n) is 7.64. The van der Waals surface area contributed by atoms with Crippen LogP contribution in [0.1, 0.15) is 99.5 Å². The van der Waals surface area contributed by atoms with Gasteiger partial charge in [-0.1, -0.05) is 17.3 Å². The number of halogens is 2. The maximum Gasteiger partial charge on any atom is 0.264 e. The number of aryl methyl sites for hydroxylation is 1. The van der Waals surface area contributed by atoms with Crippen molar-refractivity contribution in [2.75, 3.05) is 24.2 Å². The molecule has 1 unspecified atom stereocenters. The molecule has 1 aliphatic carbocycles. The van der Waals surface area contributed by atoms with Gasteiger partial charge in [0, 0.05) is 61.5 Å². The summed E-state index contributed by atoms with van der Waals surface area (Å²) >= 11 is 0. The van der Waals surface area contributed by atoms with E-state index in [4.69, 9.17) is 0 Å². The predicted octanol–water partition coefficient (Wildman–Crippen LogP) is 4.66. The summed E-state index contributed by atoms with van der Waals surface area (Å²) in [6, 6.07) is 10.5. The van der Waals surface area contributed by atoms with Crippen molar-refractivity contribution < 1.29 is 37.5 Å². The topological polar surface area (TPSA) is 209 Å². The van der Waals surface area contributed by atoms with E-state index in [2.05, 4.69) is 41.9 Å². The number of hydrogen-bond donors (Lipinski definition) is 5. The van der Waals surface area contributed by atoms with Crippen LogP contribution >= 0.6 is 0 Å². The highest BCUT2D eigenvalue weighted by molar-refractivity contribution is 6.25. The quantitative estimate of drug-likeness (QED) is 0.0768. The molecule has 3 aromatic carbocycles. The lowest BCUT2D eigenvalue weighted by Crippen LogP contribution is -2.54. The number of nitrogens with one attached hydrogen (secondary N) is 5. The number of anilines is 2. The molecule has 6 amide bonds. The van der Waals surface area contributed by atoms with Gasteiger partial charge in [0.25, 0.3) is 23.6 Å². The molecule has 1 atom stereocenters. The number of pyridine rings is 1. The normalized spacial score (nSPS) is 16.4. The van der Waals surface area contributed by atoms with Gasteiger partial charge in [-0.05, 0) is 81.8 Å². The van der Waals surface area contributed by atoms with Crippen molar-refractivity contribution in [1.29, 1.82) is 0 Å². The largest absolute Gasteiger partial charge is 0.387 e. The molecule has 8 rings (SSSR count). The van der Waals surface area contributed by atoms with Crippen molar-refractivity contribution in [3.63, 3.8) is 0 Å². The summed E-state index contributed by atoms with van der Waals surface area (Å²) in [5.41, 5.74) is 1.53. The lowest BCUT2D eigenvalue weighted by molar-refractivity contribution is -0.136. The molecule has 2 aliphatic heterocycles. The Kier molecular flexibility index (Phi) is 10.8. The molecule has 3 aliphatic rings. The zero-order valence-electron chi connectivity index (χ0n) is 33.5. The van der Waals surface area contributed by atoms with Gasteiger partial charge in [-0.15, -0.1) is 5.10 Å². The highest BCUT2D eigenvalue weighted by Crippen LogP contribution is 2.36. The Bertz CT molecular complexity index is 2660. The Hall–Kier alpha value is -7.11. The Balaban J connectivity index is 0.857. The van der Waals surface area contributed by atoms with Crippen LogP contribution < -0.4 is 26.6 Å². The first kappa shape index (κ1) is 40.7. The summed E-state index contributed by atoms with van der Waals surface area (Å²) in [6.07, 6.45) is 6.16. The number of benzene rings is 3. The van der Waals surface area contributed by atoms with Gasteiger partial charge in [-0.2, -0.15) is 0 Å². The van der Waals surface area contributed by atoms with Gasteiger partial charge in [0.2, 0.25) is 11.8 Å². The number of nitrogens with zero attached hydrogens (tertiary/aromatic N) is 5. The summed E-state index contributed by atoms with van der Waals surface area (Å²) < 4.78 is 32.4. The first-order valence-corrected chi connectivity index (χ1v) is 20.0. The standard InChI is InChI=1S/C43H42F2N10O6/c1-43(2,51-31-8-6-7-25-36(31)42(61)55(41(25)60)33-13-14-35(56)50-40(33)59)34-21-54(53-52-34)16-5-4-15-47-38(57)24-12-9-22(17-29(24)44)26-18-27-32(19-30(26)45)48-20-28(37(27)46-3)39(58)49-23-10-11-23/h6-9,12,17-21,23,33,51H,4-5,10-11,13-16H2,1-3H3,(H,46,48)(H,47,57)(H,49,58)(H,50,56,59). The second-order valence-corrected chi connectivity index (χ2v) is 15.8. The molecular formula is C43H42F2N10O6. The number of amides is 6. The Labute approximate surface area is 347 Å². The average molecular weight is 833 g/mol. The molecule has 5 N–H and O–H groups in total. The molecule has 5 aromatic rings. The Morgan fingerprint density at radius 1 is 0.918 bits per heavy atom. The minimum Gasteiger partial charge on any atom is -0.387 e. The van der Waals surface area contributed by atoms with Crippen molar-refractivity contribution >= 4 is 57.7 Å². The zero-order valence-corrected chi connectivity index (χ0v) is 33.5. The third-order valence-electron chi connectivity index (χ3n) is 11.1. The number of imide groups is 2. The molecule has 1 saturated heterocycles. The number of carbonyl (C=O) groups is 6. The number of hydrogen-bond acceptors (Lipinski definition) is 11. The summed E-state index contributed by atoms with van der Waals surface area (Å²) in [6.45, 7) is 4.37. The van der Waals surface area contributed by atoms with Crippen molar-refractivity contribution in [3.05, 3.63) is 101 Å². The molecule has 1 saturated carbocycles. The SMILES string of the molecule is CNc1c(C(=O)NC2CC2)cnc2cc(F)c(-c3ccc(C(=O)NCCCCn4cc(C(C)(C)Nc5cccc6c5C(=O)N(C5CCC(=O)NC5=O)C6=O)nn4)c(F)c3)cc12. The van der Waals surface area contributed by atoms with Gasteiger partial charge < -0.3 is 21.3 Å². The van der Waals surface area contributed by atoms with E-state index >= 15 is 8.78 Å². The van der Waals surface area contributed by atoms with Crippen molar-refractivity contribution in [2.24, 2.45) is 0 Å². The minimum atomic E-state index is -1.09. The highest BCUT2D eigenvalue weighted by Gasteiger charge is 2.46. The molecule has 16 nitrogen and oxygen atoms in total. The molecule has 2 fully saturated rings.